The van der Waals surface area contributed by atoms with Gasteiger partial charge in [-0.05, 0) is 88.3 Å². The number of benzene rings is 1. The number of hydrogen-bond donors (Lipinski definition) is 0. The first-order chi connectivity index (χ1) is 14.6. The van der Waals surface area contributed by atoms with Crippen LogP contribution in [-0.2, 0) is 6.42 Å². The van der Waals surface area contributed by atoms with Gasteiger partial charge in [0.1, 0.15) is 5.75 Å². The Kier molecular flexibility index (Phi) is 7.96. The van der Waals surface area contributed by atoms with E-state index in [1.165, 1.54) is 89.8 Å². The highest BCUT2D eigenvalue weighted by Crippen LogP contribution is 2.29. The summed E-state index contributed by atoms with van der Waals surface area (Å²) in [6, 6.07) is 7.60. The second kappa shape index (κ2) is 10.7. The van der Waals surface area contributed by atoms with E-state index in [0.717, 1.165) is 29.2 Å². The van der Waals surface area contributed by atoms with Crippen LogP contribution in [0.3, 0.4) is 0 Å². The maximum atomic E-state index is 6.44. The lowest BCUT2D eigenvalue weighted by atomic mass is 9.89. The van der Waals surface area contributed by atoms with Crippen molar-refractivity contribution < 1.29 is 4.74 Å². The second-order valence-electron chi connectivity index (χ2n) is 9.85. The number of nitrogens with zero attached hydrogens (tertiary/aromatic N) is 3. The first-order valence-electron chi connectivity index (χ1n) is 12.1. The summed E-state index contributed by atoms with van der Waals surface area (Å²) in [4.78, 5) is 8.10. The van der Waals surface area contributed by atoms with E-state index in [1.54, 1.807) is 7.11 Å². The van der Waals surface area contributed by atoms with Gasteiger partial charge in [0.05, 0.1) is 13.8 Å². The predicted octanol–water partition coefficient (Wildman–Crippen LogP) is 4.90. The topological polar surface area (TPSA) is 19.0 Å². The molecule has 0 aromatic heterocycles. The molecule has 1 aromatic rings. The summed E-state index contributed by atoms with van der Waals surface area (Å²) in [6.07, 6.45) is 12.1. The summed E-state index contributed by atoms with van der Waals surface area (Å²) in [5.74, 6) is 1.64. The van der Waals surface area contributed by atoms with Crippen molar-refractivity contribution in [1.82, 2.24) is 14.7 Å². The number of likely N-dealkylation sites (N-methyl/N-ethyl adjacent to an activating group) is 1. The van der Waals surface area contributed by atoms with Crippen LogP contribution in [0.5, 0.6) is 5.75 Å². The van der Waals surface area contributed by atoms with Crippen molar-refractivity contribution in [3.8, 4) is 5.75 Å². The fourth-order valence-electron chi connectivity index (χ4n) is 5.80. The Balaban J connectivity index is 1.21. The summed E-state index contributed by atoms with van der Waals surface area (Å²) in [6.45, 7) is 6.15. The van der Waals surface area contributed by atoms with Crippen molar-refractivity contribution in [3.05, 3.63) is 28.8 Å². The quantitative estimate of drug-likeness (QED) is 0.635. The number of rotatable bonds is 6. The molecule has 1 atom stereocenters. The largest absolute Gasteiger partial charge is 0.497 e. The van der Waals surface area contributed by atoms with Gasteiger partial charge in [0.15, 0.2) is 0 Å². The van der Waals surface area contributed by atoms with Crippen molar-refractivity contribution in [2.45, 2.75) is 69.9 Å². The van der Waals surface area contributed by atoms with Gasteiger partial charge in [-0.25, -0.2) is 0 Å². The minimum atomic E-state index is 0.717. The molecule has 4 rings (SSSR count). The summed E-state index contributed by atoms with van der Waals surface area (Å²) >= 11 is 6.44. The molecular weight excluding hydrogens is 394 g/mol. The molecule has 0 amide bonds. The molecule has 3 aliphatic rings. The Hall–Kier alpha value is -0.810. The SMILES string of the molecule is COc1ccc(Cl)c(CC2CCN(CC3CCN(C4CCCCC4)CN3C)CC2)c1. The van der Waals surface area contributed by atoms with Gasteiger partial charge >= 0.3 is 0 Å². The highest BCUT2D eigenvalue weighted by molar-refractivity contribution is 6.31. The average Bonchev–Trinajstić information content (AvgIpc) is 2.78. The maximum absolute atomic E-state index is 6.44. The van der Waals surface area contributed by atoms with Crippen molar-refractivity contribution in [2.24, 2.45) is 5.92 Å². The average molecular weight is 434 g/mol. The van der Waals surface area contributed by atoms with Gasteiger partial charge in [-0.3, -0.25) is 9.80 Å². The maximum Gasteiger partial charge on any atom is 0.119 e. The van der Waals surface area contributed by atoms with Crippen LogP contribution in [0.15, 0.2) is 18.2 Å². The van der Waals surface area contributed by atoms with Gasteiger partial charge < -0.3 is 9.64 Å². The van der Waals surface area contributed by atoms with Gasteiger partial charge in [-0.2, -0.15) is 0 Å². The van der Waals surface area contributed by atoms with E-state index in [2.05, 4.69) is 27.8 Å². The second-order valence-corrected chi connectivity index (χ2v) is 10.3. The third kappa shape index (κ3) is 5.70. The van der Waals surface area contributed by atoms with Crippen molar-refractivity contribution in [3.63, 3.8) is 0 Å². The van der Waals surface area contributed by atoms with Gasteiger partial charge in [0, 0.05) is 30.2 Å². The Bertz CT molecular complexity index is 670. The molecule has 0 radical (unpaired) electrons. The molecule has 3 fully saturated rings. The summed E-state index contributed by atoms with van der Waals surface area (Å²) in [5, 5.41) is 0.879. The van der Waals surface area contributed by atoms with Crippen molar-refractivity contribution in [1.29, 1.82) is 0 Å². The standard InChI is InChI=1S/C25H40ClN3O/c1-27-19-29(22-6-4-3-5-7-22)15-12-23(27)18-28-13-10-20(11-14-28)16-21-17-24(30-2)8-9-25(21)26/h8-9,17,20,22-23H,3-7,10-16,18-19H2,1-2H3. The molecule has 1 unspecified atom stereocenters. The van der Waals surface area contributed by atoms with Crippen LogP contribution in [0.1, 0.15) is 56.9 Å². The Morgan fingerprint density at radius 1 is 1.00 bits per heavy atom. The van der Waals surface area contributed by atoms with Crippen molar-refractivity contribution >= 4 is 11.6 Å². The molecule has 168 valence electrons. The van der Waals surface area contributed by atoms with Crippen LogP contribution < -0.4 is 4.74 Å². The molecule has 2 saturated heterocycles. The van der Waals surface area contributed by atoms with Crippen LogP contribution >= 0.6 is 11.6 Å². The molecule has 1 saturated carbocycles. The lowest BCUT2D eigenvalue weighted by Crippen LogP contribution is -2.56. The molecule has 0 spiro atoms. The number of piperidine rings is 1. The van der Waals surface area contributed by atoms with E-state index in [4.69, 9.17) is 16.3 Å². The van der Waals surface area contributed by atoms with Crippen LogP contribution in [-0.4, -0.2) is 73.8 Å². The minimum absolute atomic E-state index is 0.717. The molecule has 30 heavy (non-hydrogen) atoms. The molecule has 0 N–H and O–H groups in total. The number of likely N-dealkylation sites (tertiary alicyclic amines) is 1. The molecule has 0 bridgehead atoms. The molecular formula is C25H40ClN3O. The fourth-order valence-corrected chi connectivity index (χ4v) is 5.99. The van der Waals surface area contributed by atoms with E-state index >= 15 is 0 Å². The van der Waals surface area contributed by atoms with Crippen LogP contribution in [0.4, 0.5) is 0 Å². The molecule has 1 aliphatic carbocycles. The monoisotopic (exact) mass is 433 g/mol. The Morgan fingerprint density at radius 3 is 2.47 bits per heavy atom. The van der Waals surface area contributed by atoms with Gasteiger partial charge in [-0.1, -0.05) is 30.9 Å². The van der Waals surface area contributed by atoms with Gasteiger partial charge in [-0.15, -0.1) is 0 Å². The fraction of sp³-hybridized carbons (Fsp3) is 0.760. The van der Waals surface area contributed by atoms with Crippen LogP contribution in [0, 0.1) is 5.92 Å². The first kappa shape index (κ1) is 22.4. The molecule has 2 aliphatic heterocycles. The van der Waals surface area contributed by atoms with E-state index in [0.29, 0.717) is 6.04 Å². The Labute approximate surface area is 188 Å². The number of hydrogen-bond acceptors (Lipinski definition) is 4. The number of halogens is 1. The third-order valence-corrected chi connectivity index (χ3v) is 8.17. The summed E-state index contributed by atoms with van der Waals surface area (Å²) < 4.78 is 5.38. The molecule has 1 aromatic carbocycles. The lowest BCUT2D eigenvalue weighted by molar-refractivity contribution is 0.00326. The zero-order valence-corrected chi connectivity index (χ0v) is 19.7. The Morgan fingerprint density at radius 2 is 1.77 bits per heavy atom. The predicted molar refractivity (Wildman–Crippen MR) is 125 cm³/mol. The molecule has 2 heterocycles. The minimum Gasteiger partial charge on any atom is -0.497 e. The zero-order chi connectivity index (χ0) is 20.9. The van der Waals surface area contributed by atoms with E-state index in [1.807, 2.05) is 12.1 Å². The van der Waals surface area contributed by atoms with Gasteiger partial charge in [0.2, 0.25) is 0 Å². The van der Waals surface area contributed by atoms with Crippen LogP contribution in [0.2, 0.25) is 5.02 Å². The third-order valence-electron chi connectivity index (χ3n) is 7.81. The number of methoxy groups -OCH3 is 1. The molecule has 5 heteroatoms. The van der Waals surface area contributed by atoms with Crippen molar-refractivity contribution in [2.75, 3.05) is 47.0 Å². The smallest absolute Gasteiger partial charge is 0.119 e. The van der Waals surface area contributed by atoms with Gasteiger partial charge in [0.25, 0.3) is 0 Å². The highest BCUT2D eigenvalue weighted by atomic mass is 35.5. The zero-order valence-electron chi connectivity index (χ0n) is 19.0. The number of ether oxygens (including phenoxy) is 1. The molecule has 4 nitrogen and oxygen atoms in total. The summed E-state index contributed by atoms with van der Waals surface area (Å²) in [7, 11) is 4.07. The van der Waals surface area contributed by atoms with E-state index in [9.17, 15) is 0 Å². The summed E-state index contributed by atoms with van der Waals surface area (Å²) in [5.41, 5.74) is 1.24. The normalized spacial score (nSPS) is 26.2. The van der Waals surface area contributed by atoms with E-state index in [-0.39, 0.29) is 0 Å². The highest BCUT2D eigenvalue weighted by Gasteiger charge is 2.31. The van der Waals surface area contributed by atoms with E-state index < -0.39 is 0 Å². The first-order valence-corrected chi connectivity index (χ1v) is 12.5. The van der Waals surface area contributed by atoms with Crippen LogP contribution in [0.25, 0.3) is 0 Å². The lowest BCUT2D eigenvalue weighted by Gasteiger charge is -2.46.